The van der Waals surface area contributed by atoms with Crippen molar-refractivity contribution in [3.8, 4) is 5.75 Å². The summed E-state index contributed by atoms with van der Waals surface area (Å²) < 4.78 is 6.10. The zero-order valence-corrected chi connectivity index (χ0v) is 14.2. The summed E-state index contributed by atoms with van der Waals surface area (Å²) in [5.41, 5.74) is 1.20. The molecule has 0 atom stereocenters. The quantitative estimate of drug-likeness (QED) is 0.644. The molecule has 1 aromatic rings. The SMILES string of the molecule is CN=C(NCc1ccccc1OC1CCC1)NC1CCCCC1. The number of rotatable bonds is 5. The number of aliphatic imine (C=N–C) groups is 1. The van der Waals surface area contributed by atoms with Gasteiger partial charge in [0.05, 0.1) is 6.10 Å². The van der Waals surface area contributed by atoms with Gasteiger partial charge >= 0.3 is 0 Å². The molecule has 126 valence electrons. The third kappa shape index (κ3) is 4.63. The molecule has 0 aliphatic heterocycles. The largest absolute Gasteiger partial charge is 0.490 e. The molecule has 4 nitrogen and oxygen atoms in total. The van der Waals surface area contributed by atoms with Gasteiger partial charge in [0.1, 0.15) is 5.75 Å². The lowest BCUT2D eigenvalue weighted by Gasteiger charge is -2.28. The summed E-state index contributed by atoms with van der Waals surface area (Å²) in [6.07, 6.45) is 10.6. The fourth-order valence-corrected chi connectivity index (χ4v) is 3.25. The summed E-state index contributed by atoms with van der Waals surface area (Å²) in [5, 5.41) is 7.00. The molecule has 2 fully saturated rings. The summed E-state index contributed by atoms with van der Waals surface area (Å²) >= 11 is 0. The van der Waals surface area contributed by atoms with Gasteiger partial charge in [-0.15, -0.1) is 0 Å². The molecule has 0 radical (unpaired) electrons. The first kappa shape index (κ1) is 16.2. The third-order valence-corrected chi connectivity index (χ3v) is 4.93. The van der Waals surface area contributed by atoms with E-state index in [9.17, 15) is 0 Å². The number of benzene rings is 1. The summed E-state index contributed by atoms with van der Waals surface area (Å²) in [6, 6.07) is 8.90. The fraction of sp³-hybridized carbons (Fsp3) is 0.632. The highest BCUT2D eigenvalue weighted by Crippen LogP contribution is 2.27. The molecule has 2 saturated carbocycles. The molecular formula is C19H29N3O. The first-order chi connectivity index (χ1) is 11.3. The molecule has 2 aliphatic carbocycles. The minimum atomic E-state index is 0.413. The lowest BCUT2D eigenvalue weighted by atomic mass is 9.96. The number of para-hydroxylation sites is 1. The summed E-state index contributed by atoms with van der Waals surface area (Å²) in [7, 11) is 1.84. The van der Waals surface area contributed by atoms with Crippen molar-refractivity contribution in [2.24, 2.45) is 4.99 Å². The standard InChI is InChI=1S/C19H29N3O/c1-20-19(22-16-9-3-2-4-10-16)21-14-15-8-5-6-13-18(15)23-17-11-7-12-17/h5-6,8,13,16-17H,2-4,7,9-12,14H2,1H3,(H2,20,21,22). The monoisotopic (exact) mass is 315 g/mol. The zero-order chi connectivity index (χ0) is 15.9. The number of hydrogen-bond acceptors (Lipinski definition) is 2. The highest BCUT2D eigenvalue weighted by atomic mass is 16.5. The summed E-state index contributed by atoms with van der Waals surface area (Å²) in [4.78, 5) is 4.37. The maximum Gasteiger partial charge on any atom is 0.191 e. The van der Waals surface area contributed by atoms with Gasteiger partial charge in [-0.05, 0) is 38.2 Å². The average molecular weight is 315 g/mol. The van der Waals surface area contributed by atoms with E-state index in [1.54, 1.807) is 0 Å². The molecule has 0 heterocycles. The molecule has 23 heavy (non-hydrogen) atoms. The summed E-state index contributed by atoms with van der Waals surface area (Å²) in [5.74, 6) is 1.91. The van der Waals surface area contributed by atoms with Crippen LogP contribution in [0.25, 0.3) is 0 Å². The average Bonchev–Trinajstić information content (AvgIpc) is 2.56. The van der Waals surface area contributed by atoms with Crippen LogP contribution in [0, 0.1) is 0 Å². The van der Waals surface area contributed by atoms with Crippen molar-refractivity contribution in [3.63, 3.8) is 0 Å². The van der Waals surface area contributed by atoms with Gasteiger partial charge in [-0.2, -0.15) is 0 Å². The molecule has 2 N–H and O–H groups in total. The Morgan fingerprint density at radius 2 is 1.87 bits per heavy atom. The van der Waals surface area contributed by atoms with Gasteiger partial charge in [0.25, 0.3) is 0 Å². The van der Waals surface area contributed by atoms with Crippen LogP contribution in [-0.2, 0) is 6.54 Å². The van der Waals surface area contributed by atoms with Crippen molar-refractivity contribution in [2.75, 3.05) is 7.05 Å². The predicted octanol–water partition coefficient (Wildman–Crippen LogP) is 3.62. The molecule has 0 bridgehead atoms. The van der Waals surface area contributed by atoms with Crippen molar-refractivity contribution in [3.05, 3.63) is 29.8 Å². The van der Waals surface area contributed by atoms with Crippen LogP contribution in [0.5, 0.6) is 5.75 Å². The van der Waals surface area contributed by atoms with E-state index in [1.165, 1.54) is 56.9 Å². The van der Waals surface area contributed by atoms with Gasteiger partial charge in [0.2, 0.25) is 0 Å². The maximum atomic E-state index is 6.10. The molecule has 0 unspecified atom stereocenters. The van der Waals surface area contributed by atoms with E-state index in [0.29, 0.717) is 12.1 Å². The second kappa shape index (κ2) is 8.23. The topological polar surface area (TPSA) is 45.7 Å². The first-order valence-electron chi connectivity index (χ1n) is 9.07. The highest BCUT2D eigenvalue weighted by Gasteiger charge is 2.20. The smallest absolute Gasteiger partial charge is 0.191 e. The molecule has 2 aliphatic rings. The van der Waals surface area contributed by atoms with Crippen molar-refractivity contribution in [1.29, 1.82) is 0 Å². The molecule has 0 aromatic heterocycles. The molecule has 4 heteroatoms. The van der Waals surface area contributed by atoms with Crippen LogP contribution in [-0.4, -0.2) is 25.2 Å². The molecule has 0 saturated heterocycles. The Labute approximate surface area is 139 Å². The molecular weight excluding hydrogens is 286 g/mol. The zero-order valence-electron chi connectivity index (χ0n) is 14.2. The summed E-state index contributed by atoms with van der Waals surface area (Å²) in [6.45, 7) is 0.745. The predicted molar refractivity (Wildman–Crippen MR) is 94.9 cm³/mol. The minimum absolute atomic E-state index is 0.413. The van der Waals surface area contributed by atoms with Gasteiger partial charge < -0.3 is 15.4 Å². The van der Waals surface area contributed by atoms with Gasteiger partial charge in [0.15, 0.2) is 5.96 Å². The van der Waals surface area contributed by atoms with Crippen LogP contribution in [0.15, 0.2) is 29.3 Å². The van der Waals surface area contributed by atoms with Crippen LogP contribution < -0.4 is 15.4 Å². The van der Waals surface area contributed by atoms with Crippen molar-refractivity contribution in [1.82, 2.24) is 10.6 Å². The van der Waals surface area contributed by atoms with E-state index < -0.39 is 0 Å². The molecule has 0 amide bonds. The number of hydrogen-bond donors (Lipinski definition) is 2. The Hall–Kier alpha value is -1.71. The number of nitrogens with one attached hydrogen (secondary N) is 2. The van der Waals surface area contributed by atoms with Gasteiger partial charge in [0, 0.05) is 25.2 Å². The van der Waals surface area contributed by atoms with Crippen LogP contribution in [0.4, 0.5) is 0 Å². The van der Waals surface area contributed by atoms with E-state index in [0.717, 1.165) is 18.3 Å². The van der Waals surface area contributed by atoms with Gasteiger partial charge in [-0.3, -0.25) is 4.99 Å². The normalized spacial score (nSPS) is 20.0. The van der Waals surface area contributed by atoms with E-state index >= 15 is 0 Å². The van der Waals surface area contributed by atoms with Crippen molar-refractivity contribution >= 4 is 5.96 Å². The van der Waals surface area contributed by atoms with E-state index in [1.807, 2.05) is 13.1 Å². The first-order valence-corrected chi connectivity index (χ1v) is 9.07. The lowest BCUT2D eigenvalue weighted by molar-refractivity contribution is 0.119. The number of nitrogens with zero attached hydrogens (tertiary/aromatic N) is 1. The number of guanidine groups is 1. The minimum Gasteiger partial charge on any atom is -0.490 e. The van der Waals surface area contributed by atoms with E-state index in [4.69, 9.17) is 4.74 Å². The second-order valence-corrected chi connectivity index (χ2v) is 6.68. The van der Waals surface area contributed by atoms with Crippen LogP contribution >= 0.6 is 0 Å². The lowest BCUT2D eigenvalue weighted by Crippen LogP contribution is -2.43. The van der Waals surface area contributed by atoms with Crippen molar-refractivity contribution < 1.29 is 4.74 Å². The Morgan fingerprint density at radius 1 is 1.09 bits per heavy atom. The third-order valence-electron chi connectivity index (χ3n) is 4.93. The Balaban J connectivity index is 1.53. The molecule has 3 rings (SSSR count). The van der Waals surface area contributed by atoms with Gasteiger partial charge in [-0.25, -0.2) is 0 Å². The van der Waals surface area contributed by atoms with E-state index in [-0.39, 0.29) is 0 Å². The van der Waals surface area contributed by atoms with Crippen LogP contribution in [0.3, 0.4) is 0 Å². The van der Waals surface area contributed by atoms with E-state index in [2.05, 4.69) is 33.8 Å². The number of ether oxygens (including phenoxy) is 1. The molecule has 1 aromatic carbocycles. The Morgan fingerprint density at radius 3 is 2.57 bits per heavy atom. The fourth-order valence-electron chi connectivity index (χ4n) is 3.25. The van der Waals surface area contributed by atoms with Crippen molar-refractivity contribution in [2.45, 2.75) is 70.1 Å². The highest BCUT2D eigenvalue weighted by molar-refractivity contribution is 5.80. The Bertz CT molecular complexity index is 519. The van der Waals surface area contributed by atoms with Crippen LogP contribution in [0.1, 0.15) is 56.9 Å². The Kier molecular flexibility index (Phi) is 5.78. The van der Waals surface area contributed by atoms with Crippen LogP contribution in [0.2, 0.25) is 0 Å². The van der Waals surface area contributed by atoms with Gasteiger partial charge in [-0.1, -0.05) is 37.5 Å². The maximum absolute atomic E-state index is 6.10. The second-order valence-electron chi connectivity index (χ2n) is 6.68. The molecule has 0 spiro atoms.